The van der Waals surface area contributed by atoms with Crippen LogP contribution in [-0.2, 0) is 24.3 Å². The summed E-state index contributed by atoms with van der Waals surface area (Å²) in [7, 11) is -3.31. The van der Waals surface area contributed by atoms with Gasteiger partial charge in [-0.2, -0.15) is 0 Å². The summed E-state index contributed by atoms with van der Waals surface area (Å²) in [6.45, 7) is 0. The van der Waals surface area contributed by atoms with Crippen LogP contribution in [0.25, 0.3) is 0 Å². The molecular formula is C8H10ClNO5S. The molecule has 3 aliphatic heterocycles. The standard InChI is InChI=1S/C8H10ClNO5S/c9-2-5(11)15-7-3-1-4-8(14-3)6(7)10-16(4,12)13/h3-4,6-8,10H,1-2H2. The van der Waals surface area contributed by atoms with Crippen LogP contribution in [0, 0.1) is 0 Å². The summed E-state index contributed by atoms with van der Waals surface area (Å²) >= 11 is 5.34. The second-order valence-electron chi connectivity index (χ2n) is 4.19. The second-order valence-corrected chi connectivity index (χ2v) is 6.39. The third-order valence-corrected chi connectivity index (χ3v) is 5.39. The van der Waals surface area contributed by atoms with Crippen molar-refractivity contribution in [2.45, 2.75) is 36.0 Å². The Hall–Kier alpha value is -0.370. The molecule has 90 valence electrons. The molecule has 3 saturated heterocycles. The molecule has 3 fully saturated rings. The van der Waals surface area contributed by atoms with Crippen molar-refractivity contribution in [2.24, 2.45) is 0 Å². The Kier molecular flexibility index (Phi) is 2.23. The van der Waals surface area contributed by atoms with Crippen LogP contribution < -0.4 is 4.72 Å². The van der Waals surface area contributed by atoms with E-state index in [-0.39, 0.29) is 18.1 Å². The zero-order chi connectivity index (χ0) is 11.5. The van der Waals surface area contributed by atoms with Gasteiger partial charge in [0.1, 0.15) is 17.2 Å². The maximum absolute atomic E-state index is 11.6. The highest BCUT2D eigenvalue weighted by molar-refractivity contribution is 7.90. The number of esters is 1. The fourth-order valence-corrected chi connectivity index (χ4v) is 4.62. The Bertz CT molecular complexity index is 438. The average molecular weight is 268 g/mol. The van der Waals surface area contributed by atoms with Gasteiger partial charge in [0.2, 0.25) is 10.0 Å². The SMILES string of the molecule is O=C(CCl)OC1C2CC3C(O2)C1NS3(=O)=O. The predicted octanol–water partition coefficient (Wildman–Crippen LogP) is -1.02. The summed E-state index contributed by atoms with van der Waals surface area (Å²) < 4.78 is 36.3. The molecule has 0 aromatic carbocycles. The van der Waals surface area contributed by atoms with Crippen LogP contribution in [-0.4, -0.2) is 49.9 Å². The van der Waals surface area contributed by atoms with Crippen LogP contribution in [0.5, 0.6) is 0 Å². The van der Waals surface area contributed by atoms with Gasteiger partial charge < -0.3 is 9.47 Å². The number of alkyl halides is 1. The lowest BCUT2D eigenvalue weighted by Gasteiger charge is -2.22. The number of nitrogens with one attached hydrogen (secondary N) is 1. The Morgan fingerprint density at radius 3 is 3.00 bits per heavy atom. The molecule has 1 N–H and O–H groups in total. The van der Waals surface area contributed by atoms with E-state index in [1.54, 1.807) is 0 Å². The average Bonchev–Trinajstić information content (AvgIpc) is 2.81. The number of ether oxygens (including phenoxy) is 2. The molecule has 3 aliphatic rings. The number of rotatable bonds is 2. The van der Waals surface area contributed by atoms with Crippen molar-refractivity contribution in [3.63, 3.8) is 0 Å². The van der Waals surface area contributed by atoms with Gasteiger partial charge in [-0.25, -0.2) is 13.1 Å². The van der Waals surface area contributed by atoms with E-state index in [2.05, 4.69) is 4.72 Å². The zero-order valence-corrected chi connectivity index (χ0v) is 9.70. The minimum atomic E-state index is -3.31. The molecule has 6 nitrogen and oxygen atoms in total. The molecule has 0 amide bonds. The molecule has 0 radical (unpaired) electrons. The molecular weight excluding hydrogens is 258 g/mol. The first-order valence-electron chi connectivity index (χ1n) is 4.95. The summed E-state index contributed by atoms with van der Waals surface area (Å²) in [5, 5.41) is -0.492. The van der Waals surface area contributed by atoms with Crippen LogP contribution in [0.4, 0.5) is 0 Å². The van der Waals surface area contributed by atoms with Crippen LogP contribution in [0.15, 0.2) is 0 Å². The Morgan fingerprint density at radius 1 is 1.56 bits per heavy atom. The number of carbonyl (C=O) groups is 1. The molecule has 0 aromatic heterocycles. The van der Waals surface area contributed by atoms with Gasteiger partial charge in [0.05, 0.1) is 18.2 Å². The number of sulfonamides is 1. The van der Waals surface area contributed by atoms with E-state index in [0.29, 0.717) is 6.42 Å². The van der Waals surface area contributed by atoms with E-state index >= 15 is 0 Å². The van der Waals surface area contributed by atoms with Crippen LogP contribution >= 0.6 is 11.6 Å². The van der Waals surface area contributed by atoms with E-state index in [4.69, 9.17) is 21.1 Å². The largest absolute Gasteiger partial charge is 0.457 e. The van der Waals surface area contributed by atoms with Crippen molar-refractivity contribution >= 4 is 27.6 Å². The number of halogens is 1. The predicted molar refractivity (Wildman–Crippen MR) is 53.5 cm³/mol. The van der Waals surface area contributed by atoms with Gasteiger partial charge in [0, 0.05) is 0 Å². The van der Waals surface area contributed by atoms with Gasteiger partial charge >= 0.3 is 5.97 Å². The van der Waals surface area contributed by atoms with E-state index in [9.17, 15) is 13.2 Å². The van der Waals surface area contributed by atoms with Gasteiger partial charge in [0.15, 0.2) is 0 Å². The normalized spacial score (nSPS) is 47.2. The van der Waals surface area contributed by atoms with Gasteiger partial charge in [0.25, 0.3) is 0 Å². The minimum absolute atomic E-state index is 0.239. The third kappa shape index (κ3) is 1.32. The lowest BCUT2D eigenvalue weighted by atomic mass is 9.93. The quantitative estimate of drug-likeness (QED) is 0.512. The maximum Gasteiger partial charge on any atom is 0.321 e. The number of fused-ring (bicyclic) bond motifs is 1. The molecule has 8 heteroatoms. The molecule has 0 spiro atoms. The van der Waals surface area contributed by atoms with Gasteiger partial charge in [-0.05, 0) is 6.42 Å². The van der Waals surface area contributed by atoms with E-state index in [0.717, 1.165) is 0 Å². The Balaban J connectivity index is 1.84. The van der Waals surface area contributed by atoms with Crippen molar-refractivity contribution in [1.82, 2.24) is 4.72 Å². The van der Waals surface area contributed by atoms with Crippen LogP contribution in [0.3, 0.4) is 0 Å². The van der Waals surface area contributed by atoms with Crippen LogP contribution in [0.1, 0.15) is 6.42 Å². The van der Waals surface area contributed by atoms with E-state index in [1.807, 2.05) is 0 Å². The molecule has 5 atom stereocenters. The highest BCUT2D eigenvalue weighted by Crippen LogP contribution is 2.44. The molecule has 16 heavy (non-hydrogen) atoms. The van der Waals surface area contributed by atoms with Crippen molar-refractivity contribution in [3.8, 4) is 0 Å². The molecule has 5 unspecified atom stereocenters. The van der Waals surface area contributed by atoms with Crippen molar-refractivity contribution in [1.29, 1.82) is 0 Å². The van der Waals surface area contributed by atoms with Crippen molar-refractivity contribution in [3.05, 3.63) is 0 Å². The highest BCUT2D eigenvalue weighted by atomic mass is 35.5. The Labute approximate surface area is 97.3 Å². The summed E-state index contributed by atoms with van der Waals surface area (Å²) in [6, 6.07) is -0.444. The maximum atomic E-state index is 11.6. The number of hydrogen-bond donors (Lipinski definition) is 1. The van der Waals surface area contributed by atoms with E-state index < -0.39 is 33.4 Å². The van der Waals surface area contributed by atoms with Crippen LogP contribution in [0.2, 0.25) is 0 Å². The highest BCUT2D eigenvalue weighted by Gasteiger charge is 2.65. The summed E-state index contributed by atoms with van der Waals surface area (Å²) in [5.74, 6) is -0.790. The minimum Gasteiger partial charge on any atom is -0.457 e. The fraction of sp³-hybridized carbons (Fsp3) is 0.875. The third-order valence-electron chi connectivity index (χ3n) is 3.31. The Morgan fingerprint density at radius 2 is 2.31 bits per heavy atom. The molecule has 0 aliphatic carbocycles. The smallest absolute Gasteiger partial charge is 0.321 e. The first kappa shape index (κ1) is 10.8. The van der Waals surface area contributed by atoms with Crippen molar-refractivity contribution in [2.75, 3.05) is 5.88 Å². The second kappa shape index (κ2) is 3.32. The van der Waals surface area contributed by atoms with E-state index in [1.165, 1.54) is 0 Å². The summed E-state index contributed by atoms with van der Waals surface area (Å²) in [4.78, 5) is 11.1. The summed E-state index contributed by atoms with van der Waals surface area (Å²) in [6.07, 6.45) is -0.860. The molecule has 0 saturated carbocycles. The zero-order valence-electron chi connectivity index (χ0n) is 8.13. The topological polar surface area (TPSA) is 81.7 Å². The summed E-state index contributed by atoms with van der Waals surface area (Å²) in [5.41, 5.74) is 0. The lowest BCUT2D eigenvalue weighted by Crippen LogP contribution is -2.45. The first-order chi connectivity index (χ1) is 7.53. The molecule has 2 bridgehead atoms. The number of hydrogen-bond acceptors (Lipinski definition) is 5. The number of carbonyl (C=O) groups excluding carboxylic acids is 1. The van der Waals surface area contributed by atoms with Gasteiger partial charge in [-0.15, -0.1) is 11.6 Å². The monoisotopic (exact) mass is 267 g/mol. The fourth-order valence-electron chi connectivity index (χ4n) is 2.70. The van der Waals surface area contributed by atoms with Crippen molar-refractivity contribution < 1.29 is 22.7 Å². The molecule has 3 heterocycles. The lowest BCUT2D eigenvalue weighted by molar-refractivity contribution is -0.149. The first-order valence-corrected chi connectivity index (χ1v) is 7.03. The molecule has 3 rings (SSSR count). The van der Waals surface area contributed by atoms with Gasteiger partial charge in [-0.3, -0.25) is 4.79 Å². The molecule has 0 aromatic rings. The van der Waals surface area contributed by atoms with Gasteiger partial charge in [-0.1, -0.05) is 0 Å².